The summed E-state index contributed by atoms with van der Waals surface area (Å²) < 4.78 is 0. The van der Waals surface area contributed by atoms with E-state index in [1.807, 2.05) is 0 Å². The summed E-state index contributed by atoms with van der Waals surface area (Å²) in [5.41, 5.74) is 2.44. The van der Waals surface area contributed by atoms with Crippen molar-refractivity contribution >= 4 is 0 Å². The smallest absolute Gasteiger partial charge is 0.0348 e. The summed E-state index contributed by atoms with van der Waals surface area (Å²) in [6.45, 7) is 6.76. The number of hydroxylamine groups is 1. The monoisotopic (exact) mass is 171 g/mol. The number of hydrogen-bond donors (Lipinski definition) is 2. The van der Waals surface area contributed by atoms with Crippen LogP contribution in [-0.4, -0.2) is 11.2 Å². The Morgan fingerprint density at radius 1 is 1.33 bits per heavy atom. The van der Waals surface area contributed by atoms with Crippen molar-refractivity contribution in [3.8, 4) is 0 Å². The van der Waals surface area contributed by atoms with Crippen LogP contribution < -0.4 is 5.48 Å². The van der Waals surface area contributed by atoms with Gasteiger partial charge in [0.05, 0.1) is 0 Å². The Kier molecular flexibility index (Phi) is 3.53. The van der Waals surface area contributed by atoms with Crippen molar-refractivity contribution < 1.29 is 5.21 Å². The molecule has 0 aliphatic heterocycles. The molecule has 1 aliphatic carbocycles. The lowest BCUT2D eigenvalue weighted by Crippen LogP contribution is -2.39. The highest BCUT2D eigenvalue weighted by Gasteiger charge is 2.28. The topological polar surface area (TPSA) is 32.3 Å². The normalized spacial score (nSPS) is 37.2. The summed E-state index contributed by atoms with van der Waals surface area (Å²) >= 11 is 0. The molecule has 2 heteroatoms. The summed E-state index contributed by atoms with van der Waals surface area (Å²) in [5.74, 6) is 2.18. The Balaban J connectivity index is 2.44. The van der Waals surface area contributed by atoms with E-state index in [0.29, 0.717) is 12.0 Å². The molecule has 3 atom stereocenters. The van der Waals surface area contributed by atoms with Gasteiger partial charge < -0.3 is 5.21 Å². The minimum Gasteiger partial charge on any atom is -0.317 e. The number of nitrogens with one attached hydrogen (secondary N) is 1. The lowest BCUT2D eigenvalue weighted by Gasteiger charge is -2.35. The maximum absolute atomic E-state index is 8.91. The molecule has 0 aromatic carbocycles. The summed E-state index contributed by atoms with van der Waals surface area (Å²) in [6, 6.07) is 0.325. The third-order valence-electron chi connectivity index (χ3n) is 3.35. The standard InChI is InChI=1S/C10H21NO/c1-7(2)9-5-4-8(3)10(6-9)11-12/h7-12H,4-6H2,1-3H3/t8?,9?,10-/m0/s1. The van der Waals surface area contributed by atoms with Crippen molar-refractivity contribution in [2.75, 3.05) is 0 Å². The van der Waals surface area contributed by atoms with E-state index in [1.165, 1.54) is 12.8 Å². The average molecular weight is 171 g/mol. The quantitative estimate of drug-likeness (QED) is 0.625. The first-order valence-electron chi connectivity index (χ1n) is 5.04. The molecule has 2 nitrogen and oxygen atoms in total. The zero-order valence-corrected chi connectivity index (χ0v) is 8.38. The van der Waals surface area contributed by atoms with Gasteiger partial charge in [-0.25, -0.2) is 5.48 Å². The Morgan fingerprint density at radius 2 is 2.00 bits per heavy atom. The molecule has 1 aliphatic rings. The van der Waals surface area contributed by atoms with Crippen LogP contribution in [0.2, 0.25) is 0 Å². The van der Waals surface area contributed by atoms with Gasteiger partial charge in [0.2, 0.25) is 0 Å². The van der Waals surface area contributed by atoms with Gasteiger partial charge in [0.25, 0.3) is 0 Å². The van der Waals surface area contributed by atoms with Gasteiger partial charge in [-0.1, -0.05) is 20.8 Å². The van der Waals surface area contributed by atoms with Crippen LogP contribution in [0.25, 0.3) is 0 Å². The third kappa shape index (κ3) is 2.20. The highest BCUT2D eigenvalue weighted by molar-refractivity contribution is 4.81. The molecule has 1 fully saturated rings. The molecule has 12 heavy (non-hydrogen) atoms. The molecule has 2 unspecified atom stereocenters. The maximum Gasteiger partial charge on any atom is 0.0348 e. The van der Waals surface area contributed by atoms with Crippen LogP contribution in [0.3, 0.4) is 0 Å². The van der Waals surface area contributed by atoms with E-state index in [0.717, 1.165) is 18.3 Å². The van der Waals surface area contributed by atoms with E-state index >= 15 is 0 Å². The summed E-state index contributed by atoms with van der Waals surface area (Å²) in [5, 5.41) is 8.91. The van der Waals surface area contributed by atoms with Crippen molar-refractivity contribution in [1.82, 2.24) is 5.48 Å². The fraction of sp³-hybridized carbons (Fsp3) is 1.00. The fourth-order valence-electron chi connectivity index (χ4n) is 2.14. The Hall–Kier alpha value is -0.0800. The Bertz CT molecular complexity index is 136. The molecular weight excluding hydrogens is 150 g/mol. The van der Waals surface area contributed by atoms with E-state index in [4.69, 9.17) is 5.21 Å². The minimum atomic E-state index is 0.325. The predicted octanol–water partition coefficient (Wildman–Crippen LogP) is 2.43. The molecule has 0 radical (unpaired) electrons. The van der Waals surface area contributed by atoms with Gasteiger partial charge in [-0.2, -0.15) is 0 Å². The van der Waals surface area contributed by atoms with Gasteiger partial charge >= 0.3 is 0 Å². The van der Waals surface area contributed by atoms with Gasteiger partial charge in [-0.15, -0.1) is 0 Å². The van der Waals surface area contributed by atoms with Crippen molar-refractivity contribution in [2.45, 2.75) is 46.1 Å². The van der Waals surface area contributed by atoms with Gasteiger partial charge in [0.15, 0.2) is 0 Å². The van der Waals surface area contributed by atoms with Crippen LogP contribution in [0.4, 0.5) is 0 Å². The second-order valence-corrected chi connectivity index (χ2v) is 4.53. The zero-order chi connectivity index (χ0) is 9.14. The Labute approximate surface area is 75.3 Å². The van der Waals surface area contributed by atoms with Crippen molar-refractivity contribution in [3.63, 3.8) is 0 Å². The minimum absolute atomic E-state index is 0.325. The zero-order valence-electron chi connectivity index (χ0n) is 8.38. The molecule has 0 aromatic rings. The summed E-state index contributed by atoms with van der Waals surface area (Å²) in [6.07, 6.45) is 3.72. The van der Waals surface area contributed by atoms with Gasteiger partial charge in [-0.05, 0) is 37.0 Å². The van der Waals surface area contributed by atoms with E-state index in [9.17, 15) is 0 Å². The summed E-state index contributed by atoms with van der Waals surface area (Å²) in [4.78, 5) is 0. The second kappa shape index (κ2) is 4.24. The van der Waals surface area contributed by atoms with Crippen LogP contribution in [0.15, 0.2) is 0 Å². The largest absolute Gasteiger partial charge is 0.317 e. The van der Waals surface area contributed by atoms with Crippen LogP contribution in [-0.2, 0) is 0 Å². The van der Waals surface area contributed by atoms with E-state index in [1.54, 1.807) is 0 Å². The molecule has 0 saturated heterocycles. The highest BCUT2D eigenvalue weighted by Crippen LogP contribution is 2.32. The lowest BCUT2D eigenvalue weighted by molar-refractivity contribution is 0.0564. The van der Waals surface area contributed by atoms with Crippen molar-refractivity contribution in [2.24, 2.45) is 17.8 Å². The molecule has 72 valence electrons. The average Bonchev–Trinajstić information content (AvgIpc) is 2.05. The first-order chi connectivity index (χ1) is 5.65. The van der Waals surface area contributed by atoms with Gasteiger partial charge in [0.1, 0.15) is 0 Å². The van der Waals surface area contributed by atoms with E-state index < -0.39 is 0 Å². The molecule has 0 bridgehead atoms. The Morgan fingerprint density at radius 3 is 2.50 bits per heavy atom. The van der Waals surface area contributed by atoms with Crippen molar-refractivity contribution in [1.29, 1.82) is 0 Å². The molecule has 0 spiro atoms. The van der Waals surface area contributed by atoms with Crippen LogP contribution in [0.5, 0.6) is 0 Å². The molecule has 1 saturated carbocycles. The molecule has 0 heterocycles. The maximum atomic E-state index is 8.91. The predicted molar refractivity (Wildman–Crippen MR) is 50.1 cm³/mol. The third-order valence-corrected chi connectivity index (χ3v) is 3.35. The molecule has 1 rings (SSSR count). The number of hydrogen-bond acceptors (Lipinski definition) is 2. The SMILES string of the molecule is CC(C)C1CCC(C)[C@@H](NO)C1. The van der Waals surface area contributed by atoms with Gasteiger partial charge in [0, 0.05) is 6.04 Å². The fourth-order valence-corrected chi connectivity index (χ4v) is 2.14. The van der Waals surface area contributed by atoms with Crippen molar-refractivity contribution in [3.05, 3.63) is 0 Å². The molecule has 2 N–H and O–H groups in total. The first kappa shape index (κ1) is 10.0. The van der Waals surface area contributed by atoms with E-state index in [-0.39, 0.29) is 0 Å². The summed E-state index contributed by atoms with van der Waals surface area (Å²) in [7, 11) is 0. The first-order valence-corrected chi connectivity index (χ1v) is 5.04. The molecule has 0 aromatic heterocycles. The van der Waals surface area contributed by atoms with Gasteiger partial charge in [-0.3, -0.25) is 0 Å². The highest BCUT2D eigenvalue weighted by atomic mass is 16.5. The number of rotatable bonds is 2. The van der Waals surface area contributed by atoms with E-state index in [2.05, 4.69) is 26.3 Å². The second-order valence-electron chi connectivity index (χ2n) is 4.53. The molecular formula is C10H21NO. The van der Waals surface area contributed by atoms with Crippen LogP contribution >= 0.6 is 0 Å². The van der Waals surface area contributed by atoms with Crippen LogP contribution in [0.1, 0.15) is 40.0 Å². The lowest BCUT2D eigenvalue weighted by atomic mass is 9.75. The van der Waals surface area contributed by atoms with Crippen LogP contribution in [0, 0.1) is 17.8 Å². The molecule has 0 amide bonds.